The lowest BCUT2D eigenvalue weighted by atomic mass is 10.1. The Hall–Kier alpha value is -1.97. The maximum absolute atomic E-state index is 12.6. The molecule has 0 aromatic carbocycles. The second kappa shape index (κ2) is 5.34. The van der Waals surface area contributed by atoms with E-state index in [-0.39, 0.29) is 0 Å². The SMILES string of the molecule is NCc1nc(OC(F)(F)F)c(C(=O)O)cc1C(F)F. The summed E-state index contributed by atoms with van der Waals surface area (Å²) in [6.45, 7) is -0.589. The molecule has 0 fully saturated rings. The predicted molar refractivity (Wildman–Crippen MR) is 50.7 cm³/mol. The Morgan fingerprint density at radius 2 is 2.05 bits per heavy atom. The van der Waals surface area contributed by atoms with Gasteiger partial charge in [0.2, 0.25) is 5.88 Å². The molecule has 1 heterocycles. The quantitative estimate of drug-likeness (QED) is 0.828. The van der Waals surface area contributed by atoms with Crippen molar-refractivity contribution in [1.29, 1.82) is 0 Å². The van der Waals surface area contributed by atoms with Gasteiger partial charge in [-0.1, -0.05) is 0 Å². The molecule has 0 unspecified atom stereocenters. The van der Waals surface area contributed by atoms with Gasteiger partial charge in [-0.05, 0) is 6.07 Å². The number of carboxylic acids is 1. The lowest BCUT2D eigenvalue weighted by molar-refractivity contribution is -0.276. The van der Waals surface area contributed by atoms with Crippen LogP contribution in [0.15, 0.2) is 6.07 Å². The van der Waals surface area contributed by atoms with Gasteiger partial charge < -0.3 is 15.6 Å². The minimum Gasteiger partial charge on any atom is -0.477 e. The summed E-state index contributed by atoms with van der Waals surface area (Å²) in [7, 11) is 0. The summed E-state index contributed by atoms with van der Waals surface area (Å²) >= 11 is 0. The summed E-state index contributed by atoms with van der Waals surface area (Å²) in [6.07, 6.45) is -8.32. The number of ether oxygens (including phenoxy) is 1. The van der Waals surface area contributed by atoms with Crippen molar-refractivity contribution in [2.75, 3.05) is 0 Å². The minimum atomic E-state index is -5.20. The molecule has 0 radical (unpaired) electrons. The van der Waals surface area contributed by atoms with Crippen molar-refractivity contribution in [2.45, 2.75) is 19.3 Å². The van der Waals surface area contributed by atoms with Gasteiger partial charge in [0.05, 0.1) is 5.69 Å². The molecule has 10 heteroatoms. The van der Waals surface area contributed by atoms with E-state index >= 15 is 0 Å². The smallest absolute Gasteiger partial charge is 0.477 e. The number of nitrogens with two attached hydrogens (primary N) is 1. The summed E-state index contributed by atoms with van der Waals surface area (Å²) in [5, 5.41) is 8.67. The van der Waals surface area contributed by atoms with Crippen LogP contribution >= 0.6 is 0 Å². The maximum atomic E-state index is 12.6. The van der Waals surface area contributed by atoms with Gasteiger partial charge in [0.15, 0.2) is 0 Å². The van der Waals surface area contributed by atoms with Gasteiger partial charge in [0.25, 0.3) is 6.43 Å². The highest BCUT2D eigenvalue weighted by molar-refractivity contribution is 5.90. The molecule has 0 saturated heterocycles. The minimum absolute atomic E-state index is 0.364. The molecule has 19 heavy (non-hydrogen) atoms. The molecule has 3 N–H and O–H groups in total. The molecule has 0 atom stereocenters. The fraction of sp³-hybridized carbons (Fsp3) is 0.333. The molecule has 5 nitrogen and oxygen atoms in total. The van der Waals surface area contributed by atoms with E-state index in [2.05, 4.69) is 9.72 Å². The van der Waals surface area contributed by atoms with E-state index in [1.807, 2.05) is 0 Å². The summed E-state index contributed by atoms with van der Waals surface area (Å²) in [5.74, 6) is -3.21. The van der Waals surface area contributed by atoms with E-state index in [0.29, 0.717) is 6.07 Å². The van der Waals surface area contributed by atoms with Crippen LogP contribution in [0.3, 0.4) is 0 Å². The molecule has 1 rings (SSSR count). The molecule has 0 spiro atoms. The van der Waals surface area contributed by atoms with Crippen LogP contribution in [0.4, 0.5) is 22.0 Å². The Balaban J connectivity index is 3.40. The summed E-state index contributed by atoms with van der Waals surface area (Å²) in [6, 6.07) is 0.364. The van der Waals surface area contributed by atoms with Crippen LogP contribution in [-0.4, -0.2) is 22.4 Å². The summed E-state index contributed by atoms with van der Waals surface area (Å²) in [4.78, 5) is 13.8. The molecule has 1 aromatic heterocycles. The number of alkyl halides is 5. The van der Waals surface area contributed by atoms with E-state index in [1.165, 1.54) is 0 Å². The molecule has 106 valence electrons. The molecular formula is C9H7F5N2O3. The van der Waals surface area contributed by atoms with Gasteiger partial charge in [-0.3, -0.25) is 0 Å². The van der Waals surface area contributed by atoms with Crippen LogP contribution in [0, 0.1) is 0 Å². The Morgan fingerprint density at radius 1 is 1.47 bits per heavy atom. The molecule has 0 aliphatic carbocycles. The number of aromatic carboxylic acids is 1. The van der Waals surface area contributed by atoms with Gasteiger partial charge in [-0.2, -0.15) is 0 Å². The normalized spacial score (nSPS) is 11.7. The molecule has 0 aliphatic heterocycles. The van der Waals surface area contributed by atoms with Crippen molar-refractivity contribution in [3.05, 3.63) is 22.9 Å². The highest BCUT2D eigenvalue weighted by Gasteiger charge is 2.35. The van der Waals surface area contributed by atoms with Crippen molar-refractivity contribution in [3.8, 4) is 5.88 Å². The van der Waals surface area contributed by atoms with Crippen LogP contribution in [0.25, 0.3) is 0 Å². The lowest BCUT2D eigenvalue weighted by Crippen LogP contribution is -2.21. The zero-order valence-corrected chi connectivity index (χ0v) is 9.04. The highest BCUT2D eigenvalue weighted by atomic mass is 19.4. The van der Waals surface area contributed by atoms with Gasteiger partial charge >= 0.3 is 12.3 Å². The third-order valence-corrected chi connectivity index (χ3v) is 1.97. The van der Waals surface area contributed by atoms with Crippen molar-refractivity contribution in [3.63, 3.8) is 0 Å². The van der Waals surface area contributed by atoms with E-state index in [9.17, 15) is 26.7 Å². The van der Waals surface area contributed by atoms with Crippen molar-refractivity contribution < 1.29 is 36.6 Å². The Bertz CT molecular complexity index is 489. The number of nitrogens with zero attached hydrogens (tertiary/aromatic N) is 1. The number of halogens is 5. The molecule has 0 saturated carbocycles. The largest absolute Gasteiger partial charge is 0.574 e. The molecule has 0 bridgehead atoms. The first-order valence-electron chi connectivity index (χ1n) is 4.66. The van der Waals surface area contributed by atoms with Crippen LogP contribution < -0.4 is 10.5 Å². The molecule has 1 aromatic rings. The van der Waals surface area contributed by atoms with Crippen molar-refractivity contribution in [2.24, 2.45) is 5.73 Å². The monoisotopic (exact) mass is 286 g/mol. The number of pyridine rings is 1. The summed E-state index contributed by atoms with van der Waals surface area (Å²) in [5.41, 5.74) is 2.52. The number of aromatic nitrogens is 1. The average molecular weight is 286 g/mol. The van der Waals surface area contributed by atoms with Crippen molar-refractivity contribution in [1.82, 2.24) is 4.98 Å². The number of carbonyl (C=O) groups is 1. The Labute approximate surface area is 102 Å². The Morgan fingerprint density at radius 3 is 2.42 bits per heavy atom. The lowest BCUT2D eigenvalue weighted by Gasteiger charge is -2.14. The van der Waals surface area contributed by atoms with Crippen LogP contribution in [0.2, 0.25) is 0 Å². The van der Waals surface area contributed by atoms with Gasteiger partial charge in [-0.25, -0.2) is 18.6 Å². The topological polar surface area (TPSA) is 85.4 Å². The zero-order valence-electron chi connectivity index (χ0n) is 9.04. The predicted octanol–water partition coefficient (Wildman–Crippen LogP) is 2.07. The van der Waals surface area contributed by atoms with Gasteiger partial charge in [-0.15, -0.1) is 13.2 Å². The second-order valence-electron chi connectivity index (χ2n) is 3.23. The highest BCUT2D eigenvalue weighted by Crippen LogP contribution is 2.30. The third-order valence-electron chi connectivity index (χ3n) is 1.97. The van der Waals surface area contributed by atoms with Crippen LogP contribution in [-0.2, 0) is 6.54 Å². The maximum Gasteiger partial charge on any atom is 0.574 e. The van der Waals surface area contributed by atoms with Crippen molar-refractivity contribution >= 4 is 5.97 Å². The number of carboxylic acid groups (broad SMARTS) is 1. The first-order chi connectivity index (χ1) is 8.65. The van der Waals surface area contributed by atoms with E-state index in [0.717, 1.165) is 0 Å². The number of rotatable bonds is 4. The van der Waals surface area contributed by atoms with E-state index < -0.39 is 48.0 Å². The third kappa shape index (κ3) is 3.74. The number of hydrogen-bond acceptors (Lipinski definition) is 4. The Kier molecular flexibility index (Phi) is 4.24. The first-order valence-corrected chi connectivity index (χ1v) is 4.66. The fourth-order valence-electron chi connectivity index (χ4n) is 1.24. The molecular weight excluding hydrogens is 279 g/mol. The molecule has 0 aliphatic rings. The van der Waals surface area contributed by atoms with E-state index in [1.54, 1.807) is 0 Å². The second-order valence-corrected chi connectivity index (χ2v) is 3.23. The number of hydrogen-bond donors (Lipinski definition) is 2. The average Bonchev–Trinajstić information content (AvgIpc) is 2.25. The zero-order chi connectivity index (χ0) is 14.8. The van der Waals surface area contributed by atoms with E-state index in [4.69, 9.17) is 10.8 Å². The fourth-order valence-corrected chi connectivity index (χ4v) is 1.24. The molecule has 0 amide bonds. The van der Waals surface area contributed by atoms with Crippen LogP contribution in [0.5, 0.6) is 5.88 Å². The standard InChI is InChI=1S/C9H7F5N2O3/c10-6(11)3-1-4(8(17)18)7(16-5(3)2-15)19-9(12,13)14/h1,6H,2,15H2,(H,17,18). The van der Waals surface area contributed by atoms with Gasteiger partial charge in [0, 0.05) is 12.1 Å². The summed E-state index contributed by atoms with van der Waals surface area (Å²) < 4.78 is 64.7. The first kappa shape index (κ1) is 15.1. The van der Waals surface area contributed by atoms with Gasteiger partial charge in [0.1, 0.15) is 5.56 Å². The van der Waals surface area contributed by atoms with Crippen LogP contribution in [0.1, 0.15) is 28.0 Å².